The lowest BCUT2D eigenvalue weighted by Crippen LogP contribution is -2.50. The summed E-state index contributed by atoms with van der Waals surface area (Å²) in [7, 11) is -3.55. The fraction of sp³-hybridized carbons (Fsp3) is 0.929. The Kier molecular flexibility index (Phi) is 4.95. The van der Waals surface area contributed by atoms with Crippen molar-refractivity contribution in [1.29, 1.82) is 0 Å². The average molecular weight is 318 g/mol. The van der Waals surface area contributed by atoms with Gasteiger partial charge in [0.15, 0.2) is 0 Å². The largest absolute Gasteiger partial charge is 0.459 e. The van der Waals surface area contributed by atoms with Gasteiger partial charge in [-0.25, -0.2) is 0 Å². The minimum Gasteiger partial charge on any atom is -0.459 e. The van der Waals surface area contributed by atoms with Gasteiger partial charge in [-0.3, -0.25) is 4.79 Å². The van der Waals surface area contributed by atoms with Gasteiger partial charge >= 0.3 is 5.97 Å². The number of piperidine rings is 1. The summed E-state index contributed by atoms with van der Waals surface area (Å²) in [4.78, 5) is 12.3. The molecule has 6 nitrogen and oxygen atoms in total. The van der Waals surface area contributed by atoms with E-state index in [1.165, 1.54) is 8.61 Å². The van der Waals surface area contributed by atoms with Crippen LogP contribution in [0.25, 0.3) is 0 Å². The van der Waals surface area contributed by atoms with Gasteiger partial charge in [-0.1, -0.05) is 6.42 Å². The smallest absolute Gasteiger partial charge is 0.325 e. The third kappa shape index (κ3) is 3.96. The number of carbonyl (C=O) groups is 1. The molecule has 0 aromatic carbocycles. The van der Waals surface area contributed by atoms with Gasteiger partial charge in [0.1, 0.15) is 11.6 Å². The first kappa shape index (κ1) is 16.7. The zero-order valence-electron chi connectivity index (χ0n) is 13.2. The molecule has 2 fully saturated rings. The first-order valence-corrected chi connectivity index (χ1v) is 9.11. The normalized spacial score (nSPS) is 26.0. The van der Waals surface area contributed by atoms with Crippen LogP contribution in [-0.4, -0.2) is 54.3 Å². The first-order valence-electron chi connectivity index (χ1n) is 7.71. The van der Waals surface area contributed by atoms with Gasteiger partial charge in [0.05, 0.1) is 0 Å². The summed E-state index contributed by atoms with van der Waals surface area (Å²) >= 11 is 0. The van der Waals surface area contributed by atoms with E-state index in [0.29, 0.717) is 32.5 Å². The Morgan fingerprint density at radius 1 is 1.05 bits per heavy atom. The van der Waals surface area contributed by atoms with Crippen molar-refractivity contribution in [2.24, 2.45) is 0 Å². The van der Waals surface area contributed by atoms with Crippen LogP contribution in [0.2, 0.25) is 0 Å². The van der Waals surface area contributed by atoms with E-state index in [4.69, 9.17) is 4.74 Å². The van der Waals surface area contributed by atoms with Gasteiger partial charge in [-0.15, -0.1) is 0 Å². The molecule has 1 atom stereocenters. The van der Waals surface area contributed by atoms with Crippen LogP contribution in [0.1, 0.15) is 52.9 Å². The maximum atomic E-state index is 12.7. The second kappa shape index (κ2) is 6.22. The molecule has 2 heterocycles. The Labute approximate surface area is 127 Å². The lowest BCUT2D eigenvalue weighted by Gasteiger charge is -2.33. The van der Waals surface area contributed by atoms with E-state index in [1.807, 2.05) is 0 Å². The highest BCUT2D eigenvalue weighted by Gasteiger charge is 2.43. The quantitative estimate of drug-likeness (QED) is 0.740. The van der Waals surface area contributed by atoms with Crippen LogP contribution in [-0.2, 0) is 19.7 Å². The second-order valence-electron chi connectivity index (χ2n) is 6.77. The van der Waals surface area contributed by atoms with E-state index < -0.39 is 27.8 Å². The number of carbonyl (C=O) groups excluding carboxylic acids is 1. The number of hydrogen-bond acceptors (Lipinski definition) is 4. The summed E-state index contributed by atoms with van der Waals surface area (Å²) in [5.74, 6) is -0.430. The lowest BCUT2D eigenvalue weighted by molar-refractivity contribution is -0.158. The molecule has 0 spiro atoms. The zero-order chi connectivity index (χ0) is 15.7. The van der Waals surface area contributed by atoms with Gasteiger partial charge in [0.25, 0.3) is 10.2 Å². The Hall–Kier alpha value is -0.660. The molecule has 0 aliphatic carbocycles. The molecule has 0 saturated carbocycles. The predicted molar refractivity (Wildman–Crippen MR) is 79.9 cm³/mol. The number of esters is 1. The second-order valence-corrected chi connectivity index (χ2v) is 8.65. The van der Waals surface area contributed by atoms with Crippen LogP contribution < -0.4 is 0 Å². The van der Waals surface area contributed by atoms with E-state index in [2.05, 4.69) is 0 Å². The van der Waals surface area contributed by atoms with E-state index in [-0.39, 0.29) is 0 Å². The molecule has 2 aliphatic heterocycles. The molecular formula is C14H26N2O4S. The van der Waals surface area contributed by atoms with Crippen molar-refractivity contribution in [2.45, 2.75) is 64.5 Å². The van der Waals surface area contributed by atoms with Crippen molar-refractivity contribution in [3.63, 3.8) is 0 Å². The summed E-state index contributed by atoms with van der Waals surface area (Å²) in [5, 5.41) is 0. The molecule has 21 heavy (non-hydrogen) atoms. The van der Waals surface area contributed by atoms with Crippen molar-refractivity contribution >= 4 is 16.2 Å². The molecule has 0 aromatic rings. The van der Waals surface area contributed by atoms with Crippen LogP contribution in [0.4, 0.5) is 0 Å². The predicted octanol–water partition coefficient (Wildman–Crippen LogP) is 1.52. The average Bonchev–Trinajstić information content (AvgIpc) is 2.88. The molecule has 0 bridgehead atoms. The van der Waals surface area contributed by atoms with Crippen LogP contribution >= 0.6 is 0 Å². The summed E-state index contributed by atoms with van der Waals surface area (Å²) in [5.41, 5.74) is -0.597. The minimum absolute atomic E-state index is 0.405. The van der Waals surface area contributed by atoms with E-state index >= 15 is 0 Å². The Morgan fingerprint density at radius 3 is 2.24 bits per heavy atom. The van der Waals surface area contributed by atoms with Gasteiger partial charge in [-0.2, -0.15) is 17.0 Å². The Balaban J connectivity index is 2.12. The number of hydrogen-bond donors (Lipinski definition) is 0. The van der Waals surface area contributed by atoms with Gasteiger partial charge in [-0.05, 0) is 46.5 Å². The summed E-state index contributed by atoms with van der Waals surface area (Å²) < 4.78 is 33.6. The molecule has 0 radical (unpaired) electrons. The van der Waals surface area contributed by atoms with Crippen molar-refractivity contribution in [2.75, 3.05) is 19.6 Å². The van der Waals surface area contributed by atoms with Crippen molar-refractivity contribution in [3.8, 4) is 0 Å². The van der Waals surface area contributed by atoms with Crippen molar-refractivity contribution in [1.82, 2.24) is 8.61 Å². The SMILES string of the molecule is CC(C)(C)OC(=O)[C@@H]1CCCN1S(=O)(=O)N1CCCCC1. The van der Waals surface area contributed by atoms with Crippen molar-refractivity contribution in [3.05, 3.63) is 0 Å². The first-order chi connectivity index (χ1) is 9.72. The maximum absolute atomic E-state index is 12.7. The van der Waals surface area contributed by atoms with Crippen LogP contribution in [0, 0.1) is 0 Å². The summed E-state index contributed by atoms with van der Waals surface area (Å²) in [6.45, 7) is 6.90. The molecular weight excluding hydrogens is 292 g/mol. The highest BCUT2D eigenvalue weighted by atomic mass is 32.2. The van der Waals surface area contributed by atoms with Crippen LogP contribution in [0.15, 0.2) is 0 Å². The topological polar surface area (TPSA) is 66.9 Å². The molecule has 0 amide bonds. The highest BCUT2D eigenvalue weighted by Crippen LogP contribution is 2.27. The molecule has 122 valence electrons. The van der Waals surface area contributed by atoms with E-state index in [0.717, 1.165) is 19.3 Å². The Morgan fingerprint density at radius 2 is 1.67 bits per heavy atom. The van der Waals surface area contributed by atoms with Crippen LogP contribution in [0.5, 0.6) is 0 Å². The van der Waals surface area contributed by atoms with E-state index in [9.17, 15) is 13.2 Å². The highest BCUT2D eigenvalue weighted by molar-refractivity contribution is 7.86. The third-order valence-electron chi connectivity index (χ3n) is 3.82. The standard InChI is InChI=1S/C14H26N2O4S/c1-14(2,3)20-13(17)12-8-7-11-16(12)21(18,19)15-9-5-4-6-10-15/h12H,4-11H2,1-3H3/t12-/m0/s1. The molecule has 2 saturated heterocycles. The summed E-state index contributed by atoms with van der Waals surface area (Å²) in [6, 6.07) is -0.670. The molecule has 0 N–H and O–H groups in total. The monoisotopic (exact) mass is 318 g/mol. The van der Waals surface area contributed by atoms with E-state index in [1.54, 1.807) is 20.8 Å². The minimum atomic E-state index is -3.55. The molecule has 0 unspecified atom stereocenters. The lowest BCUT2D eigenvalue weighted by atomic mass is 10.2. The number of nitrogens with zero attached hydrogens (tertiary/aromatic N) is 2. The number of ether oxygens (including phenoxy) is 1. The van der Waals surface area contributed by atoms with Gasteiger partial charge in [0.2, 0.25) is 0 Å². The molecule has 2 aliphatic rings. The third-order valence-corrected chi connectivity index (χ3v) is 5.87. The fourth-order valence-electron chi connectivity index (χ4n) is 2.87. The van der Waals surface area contributed by atoms with Crippen molar-refractivity contribution < 1.29 is 17.9 Å². The van der Waals surface area contributed by atoms with Gasteiger partial charge < -0.3 is 4.74 Å². The fourth-order valence-corrected chi connectivity index (χ4v) is 4.75. The van der Waals surface area contributed by atoms with Crippen LogP contribution in [0.3, 0.4) is 0 Å². The molecule has 0 aromatic heterocycles. The summed E-state index contributed by atoms with van der Waals surface area (Å²) in [6.07, 6.45) is 4.11. The van der Waals surface area contributed by atoms with Gasteiger partial charge in [0, 0.05) is 19.6 Å². The zero-order valence-corrected chi connectivity index (χ0v) is 14.0. The molecule has 2 rings (SSSR count). The number of rotatable bonds is 3. The maximum Gasteiger partial charge on any atom is 0.325 e. The molecule has 7 heteroatoms. The Bertz CT molecular complexity index is 478.